The van der Waals surface area contributed by atoms with Crippen LogP contribution in [0.2, 0.25) is 0 Å². The molecule has 142 valence electrons. The molecule has 3 rings (SSSR count). The molecule has 0 radical (unpaired) electrons. The molecule has 27 heavy (non-hydrogen) atoms. The molecule has 0 spiro atoms. The van der Waals surface area contributed by atoms with Crippen LogP contribution in [0.1, 0.15) is 43.4 Å². The third kappa shape index (κ3) is 4.88. The molecule has 1 aliphatic rings. The SMILES string of the molecule is CCC(NC(=O)COc1ccc(N2CCCC2=O)cc1)c1ccc(C)cc1. The van der Waals surface area contributed by atoms with Gasteiger partial charge in [-0.15, -0.1) is 0 Å². The average molecular weight is 366 g/mol. The number of hydrogen-bond acceptors (Lipinski definition) is 3. The molecule has 0 saturated carbocycles. The average Bonchev–Trinajstić information content (AvgIpc) is 3.11. The van der Waals surface area contributed by atoms with Gasteiger partial charge in [0.25, 0.3) is 5.91 Å². The van der Waals surface area contributed by atoms with Crippen molar-refractivity contribution in [1.82, 2.24) is 5.32 Å². The molecule has 0 aromatic heterocycles. The minimum Gasteiger partial charge on any atom is -0.484 e. The highest BCUT2D eigenvalue weighted by Gasteiger charge is 2.21. The van der Waals surface area contributed by atoms with Crippen LogP contribution in [0.15, 0.2) is 48.5 Å². The van der Waals surface area contributed by atoms with E-state index in [1.807, 2.05) is 50.2 Å². The molecule has 1 atom stereocenters. The Labute approximate surface area is 160 Å². The number of ether oxygens (including phenoxy) is 1. The zero-order chi connectivity index (χ0) is 19.2. The van der Waals surface area contributed by atoms with Crippen LogP contribution < -0.4 is 15.0 Å². The number of nitrogens with zero attached hydrogens (tertiary/aromatic N) is 1. The van der Waals surface area contributed by atoms with Crippen molar-refractivity contribution < 1.29 is 14.3 Å². The van der Waals surface area contributed by atoms with Crippen LogP contribution in [0.3, 0.4) is 0 Å². The number of benzene rings is 2. The van der Waals surface area contributed by atoms with E-state index in [2.05, 4.69) is 5.32 Å². The highest BCUT2D eigenvalue weighted by Crippen LogP contribution is 2.24. The van der Waals surface area contributed by atoms with Gasteiger partial charge in [-0.25, -0.2) is 0 Å². The molecule has 1 saturated heterocycles. The van der Waals surface area contributed by atoms with Gasteiger partial charge in [-0.1, -0.05) is 36.8 Å². The fourth-order valence-electron chi connectivity index (χ4n) is 3.25. The lowest BCUT2D eigenvalue weighted by atomic mass is 10.0. The molecule has 1 fully saturated rings. The third-order valence-corrected chi connectivity index (χ3v) is 4.81. The summed E-state index contributed by atoms with van der Waals surface area (Å²) in [7, 11) is 0. The van der Waals surface area contributed by atoms with Crippen molar-refractivity contribution in [2.24, 2.45) is 0 Å². The Kier molecular flexibility index (Phi) is 6.12. The number of hydrogen-bond donors (Lipinski definition) is 1. The van der Waals surface area contributed by atoms with E-state index in [4.69, 9.17) is 4.74 Å². The largest absolute Gasteiger partial charge is 0.484 e. The Morgan fingerprint density at radius 3 is 2.44 bits per heavy atom. The smallest absolute Gasteiger partial charge is 0.258 e. The molecule has 1 aliphatic heterocycles. The number of anilines is 1. The molecular weight excluding hydrogens is 340 g/mol. The van der Waals surface area contributed by atoms with Gasteiger partial charge in [-0.3, -0.25) is 9.59 Å². The highest BCUT2D eigenvalue weighted by molar-refractivity contribution is 5.95. The first-order chi connectivity index (χ1) is 13.1. The van der Waals surface area contributed by atoms with Crippen LogP contribution >= 0.6 is 0 Å². The van der Waals surface area contributed by atoms with Crippen LogP contribution in [-0.2, 0) is 9.59 Å². The first kappa shape index (κ1) is 19.0. The summed E-state index contributed by atoms with van der Waals surface area (Å²) in [4.78, 5) is 25.8. The van der Waals surface area contributed by atoms with E-state index in [0.717, 1.165) is 30.6 Å². The Hall–Kier alpha value is -2.82. The summed E-state index contributed by atoms with van der Waals surface area (Å²) in [5.74, 6) is 0.620. The second-order valence-electron chi connectivity index (χ2n) is 6.87. The van der Waals surface area contributed by atoms with E-state index in [9.17, 15) is 9.59 Å². The first-order valence-corrected chi connectivity index (χ1v) is 9.46. The van der Waals surface area contributed by atoms with E-state index in [-0.39, 0.29) is 24.5 Å². The maximum absolute atomic E-state index is 12.3. The van der Waals surface area contributed by atoms with Crippen molar-refractivity contribution in [2.45, 2.75) is 39.2 Å². The van der Waals surface area contributed by atoms with Gasteiger partial charge in [0.05, 0.1) is 6.04 Å². The van der Waals surface area contributed by atoms with Gasteiger partial charge in [0.15, 0.2) is 6.61 Å². The minimum atomic E-state index is -0.152. The van der Waals surface area contributed by atoms with Crippen LogP contribution in [0.25, 0.3) is 0 Å². The quantitative estimate of drug-likeness (QED) is 0.811. The normalized spacial score (nSPS) is 14.9. The standard InChI is InChI=1S/C22H26N2O3/c1-3-20(17-8-6-16(2)7-9-17)23-21(25)15-27-19-12-10-18(11-13-19)24-14-4-5-22(24)26/h6-13,20H,3-5,14-15H2,1-2H3,(H,23,25). The lowest BCUT2D eigenvalue weighted by Crippen LogP contribution is -2.32. The number of rotatable bonds is 7. The van der Waals surface area contributed by atoms with Crippen LogP contribution in [0.5, 0.6) is 5.75 Å². The molecule has 1 unspecified atom stereocenters. The van der Waals surface area contributed by atoms with Crippen LogP contribution in [-0.4, -0.2) is 25.0 Å². The molecule has 2 amide bonds. The van der Waals surface area contributed by atoms with E-state index in [1.54, 1.807) is 17.0 Å². The topological polar surface area (TPSA) is 58.6 Å². The van der Waals surface area contributed by atoms with Crippen LogP contribution in [0, 0.1) is 6.92 Å². The summed E-state index contributed by atoms with van der Waals surface area (Å²) in [6.07, 6.45) is 2.32. The molecule has 2 aromatic carbocycles. The lowest BCUT2D eigenvalue weighted by Gasteiger charge is -2.18. The van der Waals surface area contributed by atoms with Crippen molar-refractivity contribution in [3.05, 3.63) is 59.7 Å². The summed E-state index contributed by atoms with van der Waals surface area (Å²) in [6.45, 7) is 4.81. The Morgan fingerprint density at radius 1 is 1.15 bits per heavy atom. The minimum absolute atomic E-state index is 0.0229. The summed E-state index contributed by atoms with van der Waals surface area (Å²) < 4.78 is 5.60. The zero-order valence-electron chi connectivity index (χ0n) is 15.9. The Balaban J connectivity index is 1.52. The predicted molar refractivity (Wildman–Crippen MR) is 106 cm³/mol. The number of carbonyl (C=O) groups is 2. The molecule has 5 heteroatoms. The fraction of sp³-hybridized carbons (Fsp3) is 0.364. The number of nitrogens with one attached hydrogen (secondary N) is 1. The summed E-state index contributed by atoms with van der Waals surface area (Å²) in [5, 5.41) is 3.02. The van der Waals surface area contributed by atoms with Crippen molar-refractivity contribution in [2.75, 3.05) is 18.1 Å². The molecule has 5 nitrogen and oxygen atoms in total. The van der Waals surface area contributed by atoms with Gasteiger partial charge < -0.3 is 15.0 Å². The van der Waals surface area contributed by atoms with Gasteiger partial charge in [0.1, 0.15) is 5.75 Å². The van der Waals surface area contributed by atoms with Crippen molar-refractivity contribution in [3.8, 4) is 5.75 Å². The van der Waals surface area contributed by atoms with Crippen molar-refractivity contribution in [3.63, 3.8) is 0 Å². The highest BCUT2D eigenvalue weighted by atomic mass is 16.5. The maximum atomic E-state index is 12.3. The van der Waals surface area contributed by atoms with E-state index < -0.39 is 0 Å². The predicted octanol–water partition coefficient (Wildman–Crippen LogP) is 3.77. The molecule has 1 heterocycles. The second kappa shape index (κ2) is 8.71. The fourth-order valence-corrected chi connectivity index (χ4v) is 3.25. The number of carbonyl (C=O) groups excluding carboxylic acids is 2. The van der Waals surface area contributed by atoms with Gasteiger partial charge in [0.2, 0.25) is 5.91 Å². The lowest BCUT2D eigenvalue weighted by molar-refractivity contribution is -0.124. The van der Waals surface area contributed by atoms with E-state index >= 15 is 0 Å². The first-order valence-electron chi connectivity index (χ1n) is 9.46. The van der Waals surface area contributed by atoms with Gasteiger partial charge in [-0.2, -0.15) is 0 Å². The summed E-state index contributed by atoms with van der Waals surface area (Å²) in [6, 6.07) is 15.5. The van der Waals surface area contributed by atoms with Crippen LogP contribution in [0.4, 0.5) is 5.69 Å². The summed E-state index contributed by atoms with van der Waals surface area (Å²) in [5.41, 5.74) is 3.16. The third-order valence-electron chi connectivity index (χ3n) is 4.81. The Bertz CT molecular complexity index is 784. The number of aryl methyl sites for hydroxylation is 1. The van der Waals surface area contributed by atoms with E-state index in [1.165, 1.54) is 5.56 Å². The molecule has 1 N–H and O–H groups in total. The summed E-state index contributed by atoms with van der Waals surface area (Å²) >= 11 is 0. The molecule has 0 bridgehead atoms. The zero-order valence-corrected chi connectivity index (χ0v) is 15.9. The molecular formula is C22H26N2O3. The molecule has 2 aromatic rings. The van der Waals surface area contributed by atoms with Gasteiger partial charge in [-0.05, 0) is 49.6 Å². The second-order valence-corrected chi connectivity index (χ2v) is 6.87. The number of amides is 2. The Morgan fingerprint density at radius 2 is 1.85 bits per heavy atom. The van der Waals surface area contributed by atoms with Crippen molar-refractivity contribution in [1.29, 1.82) is 0 Å². The van der Waals surface area contributed by atoms with Crippen molar-refractivity contribution >= 4 is 17.5 Å². The molecule has 0 aliphatic carbocycles. The van der Waals surface area contributed by atoms with E-state index in [0.29, 0.717) is 12.2 Å². The van der Waals surface area contributed by atoms with Gasteiger partial charge in [0, 0.05) is 18.7 Å². The maximum Gasteiger partial charge on any atom is 0.258 e. The monoisotopic (exact) mass is 366 g/mol. The van der Waals surface area contributed by atoms with Gasteiger partial charge >= 0.3 is 0 Å².